The van der Waals surface area contributed by atoms with Gasteiger partial charge < -0.3 is 10.2 Å². The molecule has 2 aromatic rings. The van der Waals surface area contributed by atoms with Gasteiger partial charge in [0.05, 0.1) is 6.54 Å². The third-order valence-corrected chi connectivity index (χ3v) is 6.65. The second kappa shape index (κ2) is 7.91. The van der Waals surface area contributed by atoms with E-state index in [-0.39, 0.29) is 11.9 Å². The van der Waals surface area contributed by atoms with Crippen LogP contribution in [0, 0.1) is 0 Å². The molecule has 1 amide bonds. The number of rotatable bonds is 4. The average Bonchev–Trinajstić information content (AvgIpc) is 3.16. The summed E-state index contributed by atoms with van der Waals surface area (Å²) in [5, 5.41) is 5.63. The van der Waals surface area contributed by atoms with Crippen LogP contribution in [-0.4, -0.2) is 48.4 Å². The summed E-state index contributed by atoms with van der Waals surface area (Å²) in [5.41, 5.74) is 4.00. The van der Waals surface area contributed by atoms with Crippen molar-refractivity contribution in [3.05, 3.63) is 57.3 Å². The Kier molecular flexibility index (Phi) is 5.38. The highest BCUT2D eigenvalue weighted by molar-refractivity contribution is 7.10. The van der Waals surface area contributed by atoms with E-state index >= 15 is 0 Å². The molecule has 1 aromatic carbocycles. The number of fused-ring (bicyclic) bond motifs is 1. The number of hydrogen-bond donors (Lipinski definition) is 1. The standard InChI is InChI=1S/C21H27N3OS/c1-2-16-3-5-17(6-4-16)19-13-22-9-11-23(19)15-21(25)24-10-7-20-18(14-24)8-12-26-20/h3-6,8,12,19,22H,2,7,9-11,13-15H2,1H3. The van der Waals surface area contributed by atoms with Crippen LogP contribution in [0.3, 0.4) is 0 Å². The largest absolute Gasteiger partial charge is 0.337 e. The number of hydrogen-bond acceptors (Lipinski definition) is 4. The monoisotopic (exact) mass is 369 g/mol. The maximum absolute atomic E-state index is 12.9. The number of carbonyl (C=O) groups excluding carboxylic acids is 1. The first-order valence-electron chi connectivity index (χ1n) is 9.61. The Morgan fingerprint density at radius 2 is 2.08 bits per heavy atom. The van der Waals surface area contributed by atoms with Crippen LogP contribution in [-0.2, 0) is 24.2 Å². The van der Waals surface area contributed by atoms with Crippen molar-refractivity contribution in [3.8, 4) is 0 Å². The van der Waals surface area contributed by atoms with Crippen molar-refractivity contribution in [3.63, 3.8) is 0 Å². The highest BCUT2D eigenvalue weighted by Crippen LogP contribution is 2.26. The van der Waals surface area contributed by atoms with Gasteiger partial charge in [-0.25, -0.2) is 0 Å². The second-order valence-corrected chi connectivity index (χ2v) is 8.22. The number of aryl methyl sites for hydroxylation is 1. The Hall–Kier alpha value is -1.69. The molecule has 26 heavy (non-hydrogen) atoms. The van der Waals surface area contributed by atoms with Gasteiger partial charge in [-0.15, -0.1) is 11.3 Å². The van der Waals surface area contributed by atoms with Crippen molar-refractivity contribution in [2.75, 3.05) is 32.7 Å². The molecule has 1 saturated heterocycles. The van der Waals surface area contributed by atoms with Crippen LogP contribution in [0.4, 0.5) is 0 Å². The van der Waals surface area contributed by atoms with E-state index in [1.807, 2.05) is 16.2 Å². The van der Waals surface area contributed by atoms with Crippen LogP contribution in [0.5, 0.6) is 0 Å². The zero-order valence-corrected chi connectivity index (χ0v) is 16.2. The van der Waals surface area contributed by atoms with Crippen molar-refractivity contribution in [1.29, 1.82) is 0 Å². The average molecular weight is 370 g/mol. The third kappa shape index (κ3) is 3.70. The summed E-state index contributed by atoms with van der Waals surface area (Å²) in [4.78, 5) is 18.8. The van der Waals surface area contributed by atoms with Crippen molar-refractivity contribution < 1.29 is 4.79 Å². The zero-order chi connectivity index (χ0) is 17.9. The molecule has 0 aliphatic carbocycles. The summed E-state index contributed by atoms with van der Waals surface area (Å²) in [6.07, 6.45) is 2.06. The second-order valence-electron chi connectivity index (χ2n) is 7.22. The van der Waals surface area contributed by atoms with E-state index in [1.54, 1.807) is 0 Å². The molecule has 1 atom stereocenters. The molecule has 0 saturated carbocycles. The van der Waals surface area contributed by atoms with Gasteiger partial charge in [0.15, 0.2) is 0 Å². The normalized spacial score (nSPS) is 20.8. The number of benzene rings is 1. The predicted molar refractivity (Wildman–Crippen MR) is 106 cm³/mol. The highest BCUT2D eigenvalue weighted by atomic mass is 32.1. The fraction of sp³-hybridized carbons (Fsp3) is 0.476. The van der Waals surface area contributed by atoms with Crippen molar-refractivity contribution >= 4 is 17.2 Å². The first-order chi connectivity index (χ1) is 12.7. The molecule has 3 heterocycles. The Morgan fingerprint density at radius 3 is 2.88 bits per heavy atom. The molecule has 2 aliphatic heterocycles. The zero-order valence-electron chi connectivity index (χ0n) is 15.4. The molecule has 1 fully saturated rings. The molecule has 0 spiro atoms. The Labute approximate surface area is 159 Å². The lowest BCUT2D eigenvalue weighted by atomic mass is 10.0. The molecule has 0 bridgehead atoms. The maximum Gasteiger partial charge on any atom is 0.237 e. The summed E-state index contributed by atoms with van der Waals surface area (Å²) in [7, 11) is 0. The number of piperazine rings is 1. The van der Waals surface area contributed by atoms with E-state index in [0.29, 0.717) is 6.54 Å². The van der Waals surface area contributed by atoms with E-state index in [2.05, 4.69) is 52.9 Å². The number of nitrogens with one attached hydrogen (secondary N) is 1. The Bertz CT molecular complexity index is 755. The van der Waals surface area contributed by atoms with Crippen LogP contribution in [0.15, 0.2) is 35.7 Å². The summed E-state index contributed by atoms with van der Waals surface area (Å²) in [5.74, 6) is 0.263. The first kappa shape index (κ1) is 17.7. The smallest absolute Gasteiger partial charge is 0.237 e. The van der Waals surface area contributed by atoms with E-state index in [4.69, 9.17) is 0 Å². The van der Waals surface area contributed by atoms with Gasteiger partial charge in [0.1, 0.15) is 0 Å². The van der Waals surface area contributed by atoms with Crippen molar-refractivity contribution in [2.45, 2.75) is 32.4 Å². The molecule has 1 N–H and O–H groups in total. The molecule has 5 heteroatoms. The molecule has 1 aromatic heterocycles. The van der Waals surface area contributed by atoms with Gasteiger partial charge in [0.2, 0.25) is 5.91 Å². The van der Waals surface area contributed by atoms with Crippen LogP contribution < -0.4 is 5.32 Å². The lowest BCUT2D eigenvalue weighted by molar-refractivity contribution is -0.134. The topological polar surface area (TPSA) is 35.6 Å². The minimum absolute atomic E-state index is 0.263. The fourth-order valence-corrected chi connectivity index (χ4v) is 4.86. The first-order valence-corrected chi connectivity index (χ1v) is 10.5. The fourth-order valence-electron chi connectivity index (χ4n) is 3.97. The number of amides is 1. The van der Waals surface area contributed by atoms with E-state index in [9.17, 15) is 4.79 Å². The Morgan fingerprint density at radius 1 is 1.23 bits per heavy atom. The van der Waals surface area contributed by atoms with Gasteiger partial charge in [-0.2, -0.15) is 0 Å². The molecule has 0 radical (unpaired) electrons. The molecular formula is C21H27N3OS. The molecule has 4 nitrogen and oxygen atoms in total. The van der Waals surface area contributed by atoms with Gasteiger partial charge in [0, 0.05) is 43.6 Å². The van der Waals surface area contributed by atoms with Gasteiger partial charge >= 0.3 is 0 Å². The minimum atomic E-state index is 0.263. The molecule has 138 valence electrons. The lowest BCUT2D eigenvalue weighted by Crippen LogP contribution is -2.50. The summed E-state index contributed by atoms with van der Waals surface area (Å²) >= 11 is 1.82. The summed E-state index contributed by atoms with van der Waals surface area (Å²) in [6, 6.07) is 11.3. The van der Waals surface area contributed by atoms with Crippen LogP contribution in [0.25, 0.3) is 0 Å². The third-order valence-electron chi connectivity index (χ3n) is 5.63. The van der Waals surface area contributed by atoms with E-state index in [0.717, 1.165) is 45.6 Å². The quantitative estimate of drug-likeness (QED) is 0.900. The molecule has 4 rings (SSSR count). The Balaban J connectivity index is 1.44. The van der Waals surface area contributed by atoms with Gasteiger partial charge in [-0.3, -0.25) is 9.69 Å². The molecule has 2 aliphatic rings. The summed E-state index contributed by atoms with van der Waals surface area (Å²) in [6.45, 7) is 7.11. The van der Waals surface area contributed by atoms with E-state index in [1.165, 1.54) is 21.6 Å². The van der Waals surface area contributed by atoms with Gasteiger partial charge in [-0.1, -0.05) is 31.2 Å². The number of nitrogens with zero attached hydrogens (tertiary/aromatic N) is 2. The van der Waals surface area contributed by atoms with Gasteiger partial charge in [0.25, 0.3) is 0 Å². The molecular weight excluding hydrogens is 342 g/mol. The number of carbonyl (C=O) groups is 1. The van der Waals surface area contributed by atoms with Gasteiger partial charge in [-0.05, 0) is 41.0 Å². The number of thiophene rings is 1. The molecule has 1 unspecified atom stereocenters. The lowest BCUT2D eigenvalue weighted by Gasteiger charge is -2.38. The highest BCUT2D eigenvalue weighted by Gasteiger charge is 2.28. The van der Waals surface area contributed by atoms with Crippen LogP contribution in [0.2, 0.25) is 0 Å². The van der Waals surface area contributed by atoms with Crippen molar-refractivity contribution in [1.82, 2.24) is 15.1 Å². The SMILES string of the molecule is CCc1ccc(C2CNCCN2CC(=O)N2CCc3sccc3C2)cc1. The predicted octanol–water partition coefficient (Wildman–Crippen LogP) is 2.84. The van der Waals surface area contributed by atoms with Crippen molar-refractivity contribution in [2.24, 2.45) is 0 Å². The minimum Gasteiger partial charge on any atom is -0.337 e. The summed E-state index contributed by atoms with van der Waals surface area (Å²) < 4.78 is 0. The van der Waals surface area contributed by atoms with Crippen LogP contribution in [0.1, 0.15) is 34.5 Å². The van der Waals surface area contributed by atoms with Crippen LogP contribution >= 0.6 is 11.3 Å². The maximum atomic E-state index is 12.9. The van der Waals surface area contributed by atoms with E-state index < -0.39 is 0 Å².